The summed E-state index contributed by atoms with van der Waals surface area (Å²) in [5, 5.41) is 5.16. The van der Waals surface area contributed by atoms with Crippen LogP contribution in [0.4, 0.5) is 11.4 Å². The molecule has 2 atom stereocenters. The van der Waals surface area contributed by atoms with Crippen molar-refractivity contribution in [1.29, 1.82) is 0 Å². The van der Waals surface area contributed by atoms with Crippen LogP contribution in [-0.2, 0) is 29.0 Å². The van der Waals surface area contributed by atoms with Crippen LogP contribution in [0.2, 0.25) is 0 Å². The van der Waals surface area contributed by atoms with Crippen molar-refractivity contribution in [1.82, 2.24) is 5.32 Å². The number of rotatable bonds is 8. The molecular weight excluding hydrogens is 542 g/mol. The number of benzene rings is 2. The topological polar surface area (TPSA) is 139 Å². The van der Waals surface area contributed by atoms with Crippen LogP contribution in [0, 0.1) is 0 Å². The maximum atomic E-state index is 13.0. The van der Waals surface area contributed by atoms with Crippen molar-refractivity contribution in [2.45, 2.75) is 25.5 Å². The maximum Gasteiger partial charge on any atom is 0.329 e. The normalized spacial score (nSPS) is 14.8. The van der Waals surface area contributed by atoms with Gasteiger partial charge in [-0.2, -0.15) is 0 Å². The zero-order valence-electron chi connectivity index (χ0n) is 19.0. The number of esters is 1. The summed E-state index contributed by atoms with van der Waals surface area (Å²) in [7, 11) is -3.45. The van der Waals surface area contributed by atoms with Gasteiger partial charge in [-0.3, -0.25) is 19.3 Å². The van der Waals surface area contributed by atoms with Crippen LogP contribution in [0.25, 0.3) is 0 Å². The van der Waals surface area contributed by atoms with Crippen molar-refractivity contribution < 1.29 is 32.3 Å². The highest BCUT2D eigenvalue weighted by atomic mass is 79.9. The Balaban J connectivity index is 1.76. The first kappa shape index (κ1) is 26.4. The van der Waals surface area contributed by atoms with Gasteiger partial charge in [0.1, 0.15) is 22.4 Å². The highest BCUT2D eigenvalue weighted by Gasteiger charge is 2.33. The molecule has 0 radical (unpaired) electrons. The van der Waals surface area contributed by atoms with Crippen LogP contribution in [0.3, 0.4) is 0 Å². The van der Waals surface area contributed by atoms with Crippen LogP contribution < -0.4 is 15.5 Å². The molecule has 2 N–H and O–H groups in total. The number of nitrogens with one attached hydrogen (secondary N) is 2. The van der Waals surface area contributed by atoms with Gasteiger partial charge in [0.2, 0.25) is 5.91 Å². The van der Waals surface area contributed by atoms with Crippen LogP contribution >= 0.6 is 15.9 Å². The van der Waals surface area contributed by atoms with Gasteiger partial charge in [0.25, 0.3) is 11.8 Å². The predicted molar refractivity (Wildman–Crippen MR) is 133 cm³/mol. The van der Waals surface area contributed by atoms with Gasteiger partial charge in [0.05, 0.1) is 22.7 Å². The summed E-state index contributed by atoms with van der Waals surface area (Å²) in [6.07, 6.45) is -0.540. The van der Waals surface area contributed by atoms with Crippen LogP contribution in [0.1, 0.15) is 23.7 Å². The molecule has 0 spiro atoms. The van der Waals surface area contributed by atoms with E-state index in [1.54, 1.807) is 42.5 Å². The first-order valence-corrected chi connectivity index (χ1v) is 13.5. The monoisotopic (exact) mass is 565 g/mol. The molecule has 0 bridgehead atoms. The second kappa shape index (κ2) is 11.0. The van der Waals surface area contributed by atoms with Crippen molar-refractivity contribution in [3.05, 3.63) is 58.6 Å². The van der Waals surface area contributed by atoms with Gasteiger partial charge in [0, 0.05) is 10.7 Å². The van der Waals surface area contributed by atoms with E-state index in [0.717, 1.165) is 6.26 Å². The van der Waals surface area contributed by atoms with Gasteiger partial charge in [0.15, 0.2) is 6.10 Å². The Hall–Kier alpha value is -3.25. The molecule has 3 amide bonds. The number of halogens is 1. The Kier molecular flexibility index (Phi) is 8.28. The van der Waals surface area contributed by atoms with E-state index in [-0.39, 0.29) is 24.3 Å². The molecule has 1 aliphatic rings. The number of amides is 3. The van der Waals surface area contributed by atoms with Gasteiger partial charge in [-0.25, -0.2) is 13.2 Å². The van der Waals surface area contributed by atoms with E-state index in [4.69, 9.17) is 4.74 Å². The molecule has 0 aliphatic carbocycles. The summed E-state index contributed by atoms with van der Waals surface area (Å²) in [6, 6.07) is 11.9. The molecule has 0 saturated carbocycles. The quantitative estimate of drug-likeness (QED) is 0.466. The molecule has 0 aromatic heterocycles. The molecule has 1 heterocycles. The zero-order valence-corrected chi connectivity index (χ0v) is 21.4. The number of sulfone groups is 1. The minimum atomic E-state index is -3.45. The second-order valence-electron chi connectivity index (χ2n) is 7.99. The SMILES string of the molecule is CC(OC(=O)C(CCS(C)(=O)=O)NC(=O)c1ccccc1Br)C(=O)N1CC(=O)Nc2ccccc21. The van der Waals surface area contributed by atoms with E-state index in [9.17, 15) is 27.6 Å². The first-order chi connectivity index (χ1) is 16.5. The lowest BCUT2D eigenvalue weighted by Crippen LogP contribution is -2.49. The average molecular weight is 566 g/mol. The molecule has 10 nitrogen and oxygen atoms in total. The fourth-order valence-corrected chi connectivity index (χ4v) is 4.55. The van der Waals surface area contributed by atoms with Crippen LogP contribution in [0.15, 0.2) is 53.0 Å². The van der Waals surface area contributed by atoms with Gasteiger partial charge in [-0.1, -0.05) is 24.3 Å². The molecular formula is C23H24BrN3O7S. The smallest absolute Gasteiger partial charge is 0.329 e. The molecule has 3 rings (SSSR count). The summed E-state index contributed by atoms with van der Waals surface area (Å²) in [6.45, 7) is 1.09. The van der Waals surface area contributed by atoms with Gasteiger partial charge in [-0.05, 0) is 53.5 Å². The number of para-hydroxylation sites is 2. The number of hydrogen-bond donors (Lipinski definition) is 2. The van der Waals surface area contributed by atoms with Crippen molar-refractivity contribution in [3.63, 3.8) is 0 Å². The van der Waals surface area contributed by atoms with Crippen molar-refractivity contribution in [3.8, 4) is 0 Å². The highest BCUT2D eigenvalue weighted by Crippen LogP contribution is 2.29. The Morgan fingerprint density at radius 1 is 1.14 bits per heavy atom. The third-order valence-electron chi connectivity index (χ3n) is 5.16. The maximum absolute atomic E-state index is 13.0. The third-order valence-corrected chi connectivity index (χ3v) is 6.83. The molecule has 186 valence electrons. The minimum absolute atomic E-state index is 0.240. The summed E-state index contributed by atoms with van der Waals surface area (Å²) in [5.74, 6) is -3.01. The van der Waals surface area contributed by atoms with E-state index in [0.29, 0.717) is 15.8 Å². The molecule has 0 saturated heterocycles. The van der Waals surface area contributed by atoms with E-state index < -0.39 is 45.7 Å². The lowest BCUT2D eigenvalue weighted by molar-refractivity contribution is -0.155. The zero-order chi connectivity index (χ0) is 25.8. The molecule has 0 fully saturated rings. The average Bonchev–Trinajstić information content (AvgIpc) is 2.80. The van der Waals surface area contributed by atoms with E-state index in [1.165, 1.54) is 17.9 Å². The van der Waals surface area contributed by atoms with Crippen molar-refractivity contribution in [2.75, 3.05) is 28.8 Å². The van der Waals surface area contributed by atoms with Crippen LogP contribution in [0.5, 0.6) is 0 Å². The minimum Gasteiger partial charge on any atom is -0.451 e. The Morgan fingerprint density at radius 2 is 1.80 bits per heavy atom. The summed E-state index contributed by atoms with van der Waals surface area (Å²) in [5.41, 5.74) is 1.14. The largest absolute Gasteiger partial charge is 0.451 e. The standard InChI is InChI=1S/C23H24BrN3O7S/c1-14(22(30)27-13-20(28)25-17-9-5-6-10-19(17)27)34-23(31)18(11-12-35(2,32)33)26-21(29)15-7-3-4-8-16(15)24/h3-10,14,18H,11-13H2,1-2H3,(H,25,28)(H,26,29). The Morgan fingerprint density at radius 3 is 2.49 bits per heavy atom. The molecule has 35 heavy (non-hydrogen) atoms. The van der Waals surface area contributed by atoms with E-state index in [2.05, 4.69) is 26.6 Å². The number of fused-ring (bicyclic) bond motifs is 1. The lowest BCUT2D eigenvalue weighted by atomic mass is 10.1. The fourth-order valence-electron chi connectivity index (χ4n) is 3.42. The van der Waals surface area contributed by atoms with Crippen molar-refractivity contribution >= 4 is 60.8 Å². The number of hydrogen-bond acceptors (Lipinski definition) is 7. The van der Waals surface area contributed by atoms with Crippen LogP contribution in [-0.4, -0.2) is 62.8 Å². The number of carbonyl (C=O) groups excluding carboxylic acids is 4. The lowest BCUT2D eigenvalue weighted by Gasteiger charge is -2.31. The van der Waals surface area contributed by atoms with Crippen molar-refractivity contribution in [2.24, 2.45) is 0 Å². The number of nitrogens with zero attached hydrogens (tertiary/aromatic N) is 1. The molecule has 2 aromatic carbocycles. The number of ether oxygens (including phenoxy) is 1. The summed E-state index contributed by atoms with van der Waals surface area (Å²) < 4.78 is 29.2. The summed E-state index contributed by atoms with van der Waals surface area (Å²) in [4.78, 5) is 51.9. The molecule has 2 aromatic rings. The molecule has 2 unspecified atom stereocenters. The Bertz CT molecular complexity index is 1270. The number of anilines is 2. The van der Waals surface area contributed by atoms with Gasteiger partial charge in [-0.15, -0.1) is 0 Å². The second-order valence-corrected chi connectivity index (χ2v) is 11.1. The first-order valence-electron chi connectivity index (χ1n) is 10.6. The van der Waals surface area contributed by atoms with E-state index >= 15 is 0 Å². The Labute approximate surface area is 211 Å². The van der Waals surface area contributed by atoms with E-state index in [1.807, 2.05) is 0 Å². The predicted octanol–water partition coefficient (Wildman–Crippen LogP) is 1.90. The highest BCUT2D eigenvalue weighted by molar-refractivity contribution is 9.10. The van der Waals surface area contributed by atoms with Gasteiger partial charge < -0.3 is 15.4 Å². The third kappa shape index (κ3) is 6.89. The molecule has 12 heteroatoms. The molecule has 1 aliphatic heterocycles. The summed E-state index contributed by atoms with van der Waals surface area (Å²) >= 11 is 3.26. The van der Waals surface area contributed by atoms with Gasteiger partial charge >= 0.3 is 5.97 Å². The fraction of sp³-hybridized carbons (Fsp3) is 0.304. The number of carbonyl (C=O) groups is 4.